The molecule has 2 fully saturated rings. The van der Waals surface area contributed by atoms with Crippen molar-refractivity contribution >= 4 is 11.9 Å². The summed E-state index contributed by atoms with van der Waals surface area (Å²) < 4.78 is 20.4. The van der Waals surface area contributed by atoms with Crippen LogP contribution in [0, 0.1) is 0 Å². The molecule has 0 aromatic carbocycles. The van der Waals surface area contributed by atoms with Crippen molar-refractivity contribution in [3.63, 3.8) is 0 Å². The predicted octanol–water partition coefficient (Wildman–Crippen LogP) is -0.353. The molecule has 0 aromatic rings. The Balaban J connectivity index is 2.01. The third kappa shape index (κ3) is 2.93. The maximum Gasteiger partial charge on any atom is 0.303 e. The summed E-state index contributed by atoms with van der Waals surface area (Å²) in [5.74, 6) is -0.836. The molecule has 6 nitrogen and oxygen atoms in total. The van der Waals surface area contributed by atoms with E-state index in [0.29, 0.717) is 13.2 Å². The van der Waals surface area contributed by atoms with Gasteiger partial charge in [-0.15, -0.1) is 0 Å². The molecule has 16 heavy (non-hydrogen) atoms. The smallest absolute Gasteiger partial charge is 0.303 e. The molecule has 0 unspecified atom stereocenters. The number of hydrogen-bond donors (Lipinski definition) is 0. The Labute approximate surface area is 92.8 Å². The number of epoxide rings is 2. The van der Waals surface area contributed by atoms with Crippen molar-refractivity contribution in [2.24, 2.45) is 0 Å². The average molecular weight is 230 g/mol. The van der Waals surface area contributed by atoms with E-state index in [1.54, 1.807) is 0 Å². The lowest BCUT2D eigenvalue weighted by atomic mass is 10.1. The van der Waals surface area contributed by atoms with Gasteiger partial charge in [-0.1, -0.05) is 0 Å². The van der Waals surface area contributed by atoms with Crippen LogP contribution >= 0.6 is 0 Å². The van der Waals surface area contributed by atoms with E-state index < -0.39 is 24.1 Å². The first-order valence-electron chi connectivity index (χ1n) is 5.15. The largest absolute Gasteiger partial charge is 0.456 e. The van der Waals surface area contributed by atoms with E-state index in [-0.39, 0.29) is 12.2 Å². The summed E-state index contributed by atoms with van der Waals surface area (Å²) in [6, 6.07) is 0. The maximum atomic E-state index is 11.0. The standard InChI is InChI=1S/C10H14O6/c1-5(11)15-9(7-3-13-7)10(8-4-14-8)16-6(2)12/h7-10H,3-4H2,1-2H3/t7-,8+,9+,10-. The van der Waals surface area contributed by atoms with Crippen molar-refractivity contribution in [1.29, 1.82) is 0 Å². The molecule has 0 aromatic heterocycles. The molecule has 0 bridgehead atoms. The summed E-state index contributed by atoms with van der Waals surface area (Å²) in [4.78, 5) is 21.9. The van der Waals surface area contributed by atoms with Crippen LogP contribution < -0.4 is 0 Å². The summed E-state index contributed by atoms with van der Waals surface area (Å²) in [6.07, 6.45) is -1.49. The first-order chi connectivity index (χ1) is 7.58. The van der Waals surface area contributed by atoms with E-state index in [4.69, 9.17) is 18.9 Å². The second-order valence-electron chi connectivity index (χ2n) is 3.89. The number of carbonyl (C=O) groups excluding carboxylic acids is 2. The number of hydrogen-bond acceptors (Lipinski definition) is 6. The van der Waals surface area contributed by atoms with Crippen molar-refractivity contribution in [3.05, 3.63) is 0 Å². The molecule has 0 saturated carbocycles. The lowest BCUT2D eigenvalue weighted by molar-refractivity contribution is -0.168. The average Bonchev–Trinajstić information content (AvgIpc) is 3.01. The maximum absolute atomic E-state index is 11.0. The Bertz CT molecular complexity index is 264. The van der Waals surface area contributed by atoms with E-state index in [2.05, 4.69) is 0 Å². The van der Waals surface area contributed by atoms with E-state index in [1.165, 1.54) is 13.8 Å². The van der Waals surface area contributed by atoms with Crippen LogP contribution in [0.5, 0.6) is 0 Å². The van der Waals surface area contributed by atoms with Gasteiger partial charge in [0.15, 0.2) is 12.2 Å². The van der Waals surface area contributed by atoms with Gasteiger partial charge in [0.2, 0.25) is 0 Å². The first kappa shape index (κ1) is 11.3. The van der Waals surface area contributed by atoms with Gasteiger partial charge in [-0.05, 0) is 0 Å². The molecule has 2 heterocycles. The molecular formula is C10H14O6. The van der Waals surface area contributed by atoms with Crippen LogP contribution in [-0.4, -0.2) is 49.6 Å². The molecule has 6 heteroatoms. The Hall–Kier alpha value is -1.14. The van der Waals surface area contributed by atoms with E-state index in [1.807, 2.05) is 0 Å². The second-order valence-corrected chi connectivity index (χ2v) is 3.89. The highest BCUT2D eigenvalue weighted by Gasteiger charge is 2.49. The van der Waals surface area contributed by atoms with Gasteiger partial charge in [-0.3, -0.25) is 9.59 Å². The molecule has 2 rings (SSSR count). The summed E-state index contributed by atoms with van der Waals surface area (Å²) in [7, 11) is 0. The van der Waals surface area contributed by atoms with Gasteiger partial charge in [0.05, 0.1) is 13.2 Å². The lowest BCUT2D eigenvalue weighted by Crippen LogP contribution is -2.42. The molecule has 4 atom stereocenters. The van der Waals surface area contributed by atoms with Crippen molar-refractivity contribution in [1.82, 2.24) is 0 Å². The van der Waals surface area contributed by atoms with Crippen LogP contribution in [0.1, 0.15) is 13.8 Å². The molecule has 0 radical (unpaired) electrons. The molecule has 0 aliphatic carbocycles. The Kier molecular flexibility index (Phi) is 3.11. The highest BCUT2D eigenvalue weighted by molar-refractivity contribution is 5.67. The van der Waals surface area contributed by atoms with Crippen LogP contribution in [-0.2, 0) is 28.5 Å². The minimum atomic E-state index is -0.561. The summed E-state index contributed by atoms with van der Waals surface area (Å²) in [6.45, 7) is 3.66. The first-order valence-corrected chi connectivity index (χ1v) is 5.15. The Morgan fingerprint density at radius 2 is 1.31 bits per heavy atom. The van der Waals surface area contributed by atoms with E-state index in [9.17, 15) is 9.59 Å². The van der Waals surface area contributed by atoms with Crippen LogP contribution in [0.2, 0.25) is 0 Å². The minimum absolute atomic E-state index is 0.183. The van der Waals surface area contributed by atoms with E-state index in [0.717, 1.165) is 0 Å². The van der Waals surface area contributed by atoms with Crippen molar-refractivity contribution < 1.29 is 28.5 Å². The summed E-state index contributed by atoms with van der Waals surface area (Å²) in [5, 5.41) is 0. The van der Waals surface area contributed by atoms with Crippen LogP contribution in [0.4, 0.5) is 0 Å². The molecule has 0 N–H and O–H groups in total. The fourth-order valence-corrected chi connectivity index (χ4v) is 1.58. The number of carbonyl (C=O) groups is 2. The Morgan fingerprint density at radius 3 is 1.50 bits per heavy atom. The number of rotatable bonds is 5. The molecule has 90 valence electrons. The SMILES string of the molecule is CC(=O)O[C@H]([C@H](OC(C)=O)[C@@H]1CO1)[C@H]1CO1. The van der Waals surface area contributed by atoms with Crippen LogP contribution in [0.25, 0.3) is 0 Å². The summed E-state index contributed by atoms with van der Waals surface area (Å²) >= 11 is 0. The van der Waals surface area contributed by atoms with Gasteiger partial charge in [0.1, 0.15) is 12.2 Å². The number of esters is 2. The van der Waals surface area contributed by atoms with Crippen molar-refractivity contribution in [2.45, 2.75) is 38.3 Å². The third-order valence-electron chi connectivity index (χ3n) is 2.38. The zero-order valence-corrected chi connectivity index (χ0v) is 9.17. The molecule has 0 spiro atoms. The van der Waals surface area contributed by atoms with Crippen LogP contribution in [0.15, 0.2) is 0 Å². The quantitative estimate of drug-likeness (QED) is 0.474. The van der Waals surface area contributed by atoms with Crippen molar-refractivity contribution in [3.8, 4) is 0 Å². The zero-order chi connectivity index (χ0) is 11.7. The van der Waals surface area contributed by atoms with Gasteiger partial charge in [0, 0.05) is 13.8 Å². The molecule has 2 saturated heterocycles. The summed E-state index contributed by atoms with van der Waals surface area (Å²) in [5.41, 5.74) is 0. The topological polar surface area (TPSA) is 77.7 Å². The van der Waals surface area contributed by atoms with Gasteiger partial charge < -0.3 is 18.9 Å². The minimum Gasteiger partial charge on any atom is -0.456 e. The Morgan fingerprint density at radius 1 is 1.00 bits per heavy atom. The van der Waals surface area contributed by atoms with Gasteiger partial charge in [0.25, 0.3) is 0 Å². The van der Waals surface area contributed by atoms with Gasteiger partial charge >= 0.3 is 11.9 Å². The monoisotopic (exact) mass is 230 g/mol. The van der Waals surface area contributed by atoms with Gasteiger partial charge in [-0.25, -0.2) is 0 Å². The van der Waals surface area contributed by atoms with Crippen molar-refractivity contribution in [2.75, 3.05) is 13.2 Å². The normalized spacial score (nSPS) is 30.1. The van der Waals surface area contributed by atoms with Crippen LogP contribution in [0.3, 0.4) is 0 Å². The molecule has 2 aliphatic rings. The molecule has 0 amide bonds. The highest BCUT2D eigenvalue weighted by Crippen LogP contribution is 2.29. The zero-order valence-electron chi connectivity index (χ0n) is 9.17. The van der Waals surface area contributed by atoms with Gasteiger partial charge in [-0.2, -0.15) is 0 Å². The fraction of sp³-hybridized carbons (Fsp3) is 0.800. The third-order valence-corrected chi connectivity index (χ3v) is 2.38. The highest BCUT2D eigenvalue weighted by atomic mass is 16.7. The predicted molar refractivity (Wildman–Crippen MR) is 50.6 cm³/mol. The molecule has 2 aliphatic heterocycles. The fourth-order valence-electron chi connectivity index (χ4n) is 1.58. The number of ether oxygens (including phenoxy) is 4. The second kappa shape index (κ2) is 4.39. The van der Waals surface area contributed by atoms with E-state index >= 15 is 0 Å². The lowest BCUT2D eigenvalue weighted by Gasteiger charge is -2.23. The molecular weight excluding hydrogens is 216 g/mol.